The first-order valence-electron chi connectivity index (χ1n) is 6.52. The topological polar surface area (TPSA) is 72.2 Å². The quantitative estimate of drug-likeness (QED) is 0.836. The zero-order valence-electron chi connectivity index (χ0n) is 10.7. The lowest BCUT2D eigenvalue weighted by atomic mass is 9.91. The lowest BCUT2D eigenvalue weighted by Gasteiger charge is -2.21. The number of nitrogens with one attached hydrogen (secondary N) is 1. The summed E-state index contributed by atoms with van der Waals surface area (Å²) in [5.74, 6) is -0.148. The molecule has 0 bridgehead atoms. The molecule has 3 N–H and O–H groups in total. The van der Waals surface area contributed by atoms with E-state index in [2.05, 4.69) is 4.72 Å². The SMILES string of the molecule is Nc1cc(F)ccc1NS(=O)(=O)CC1CCCCC1. The smallest absolute Gasteiger partial charge is 0.233 e. The Morgan fingerprint density at radius 1 is 1.26 bits per heavy atom. The Balaban J connectivity index is 2.03. The summed E-state index contributed by atoms with van der Waals surface area (Å²) in [5.41, 5.74) is 5.95. The largest absolute Gasteiger partial charge is 0.397 e. The molecule has 0 aromatic heterocycles. The highest BCUT2D eigenvalue weighted by molar-refractivity contribution is 7.92. The molecular formula is C13H19FN2O2S. The van der Waals surface area contributed by atoms with Crippen LogP contribution in [0, 0.1) is 11.7 Å². The van der Waals surface area contributed by atoms with E-state index in [-0.39, 0.29) is 23.0 Å². The van der Waals surface area contributed by atoms with Crippen LogP contribution in [0.3, 0.4) is 0 Å². The molecule has 0 saturated heterocycles. The van der Waals surface area contributed by atoms with Crippen LogP contribution in [0.25, 0.3) is 0 Å². The highest BCUT2D eigenvalue weighted by Gasteiger charge is 2.21. The van der Waals surface area contributed by atoms with Gasteiger partial charge in [0.25, 0.3) is 0 Å². The van der Waals surface area contributed by atoms with E-state index >= 15 is 0 Å². The maximum atomic E-state index is 12.9. The first-order valence-corrected chi connectivity index (χ1v) is 8.17. The van der Waals surface area contributed by atoms with E-state index in [1.54, 1.807) is 0 Å². The van der Waals surface area contributed by atoms with Gasteiger partial charge in [0.1, 0.15) is 5.82 Å². The highest BCUT2D eigenvalue weighted by Crippen LogP contribution is 2.26. The summed E-state index contributed by atoms with van der Waals surface area (Å²) in [5, 5.41) is 0. The van der Waals surface area contributed by atoms with Gasteiger partial charge in [-0.25, -0.2) is 12.8 Å². The summed E-state index contributed by atoms with van der Waals surface area (Å²) < 4.78 is 39.4. The van der Waals surface area contributed by atoms with Gasteiger partial charge >= 0.3 is 0 Å². The van der Waals surface area contributed by atoms with Crippen LogP contribution in [0.5, 0.6) is 0 Å². The van der Waals surface area contributed by atoms with E-state index in [1.165, 1.54) is 18.6 Å². The molecular weight excluding hydrogens is 267 g/mol. The standard InChI is InChI=1S/C13H19FN2O2S/c14-11-6-7-13(12(15)8-11)16-19(17,18)9-10-4-2-1-3-5-10/h6-8,10,16H,1-5,9,15H2. The third-order valence-corrected chi connectivity index (χ3v) is 4.90. The van der Waals surface area contributed by atoms with Crippen LogP contribution in [-0.2, 0) is 10.0 Å². The molecule has 0 spiro atoms. The summed E-state index contributed by atoms with van der Waals surface area (Å²) in [6, 6.07) is 3.65. The Morgan fingerprint density at radius 2 is 1.95 bits per heavy atom. The van der Waals surface area contributed by atoms with Crippen molar-refractivity contribution in [3.05, 3.63) is 24.0 Å². The fourth-order valence-electron chi connectivity index (χ4n) is 2.50. The van der Waals surface area contributed by atoms with Gasteiger partial charge in [-0.3, -0.25) is 4.72 Å². The summed E-state index contributed by atoms with van der Waals surface area (Å²) in [6.07, 6.45) is 5.30. The third kappa shape index (κ3) is 4.09. The summed E-state index contributed by atoms with van der Waals surface area (Å²) in [6.45, 7) is 0. The van der Waals surface area contributed by atoms with Crippen LogP contribution in [-0.4, -0.2) is 14.2 Å². The first-order chi connectivity index (χ1) is 8.96. The molecule has 106 valence electrons. The number of anilines is 2. The lowest BCUT2D eigenvalue weighted by molar-refractivity contribution is 0.385. The number of sulfonamides is 1. The minimum absolute atomic E-state index is 0.104. The van der Waals surface area contributed by atoms with Crippen molar-refractivity contribution in [3.8, 4) is 0 Å². The minimum atomic E-state index is -3.42. The van der Waals surface area contributed by atoms with Crippen molar-refractivity contribution < 1.29 is 12.8 Å². The molecule has 0 heterocycles. The van der Waals surface area contributed by atoms with Gasteiger partial charge in [-0.15, -0.1) is 0 Å². The number of rotatable bonds is 4. The van der Waals surface area contributed by atoms with Crippen molar-refractivity contribution in [1.29, 1.82) is 0 Å². The predicted octanol–water partition coefficient (Wildman–Crippen LogP) is 2.73. The molecule has 1 aliphatic rings. The van der Waals surface area contributed by atoms with Crippen LogP contribution < -0.4 is 10.5 Å². The Labute approximate surface area is 113 Å². The normalized spacial score (nSPS) is 17.3. The third-order valence-electron chi connectivity index (χ3n) is 3.46. The molecule has 1 fully saturated rings. The fourth-order valence-corrected chi connectivity index (χ4v) is 4.06. The Bertz CT molecular complexity index is 540. The zero-order chi connectivity index (χ0) is 13.9. The maximum absolute atomic E-state index is 12.9. The number of halogens is 1. The van der Waals surface area contributed by atoms with Crippen LogP contribution >= 0.6 is 0 Å². The van der Waals surface area contributed by atoms with E-state index in [1.807, 2.05) is 0 Å². The van der Waals surface area contributed by atoms with Gasteiger partial charge in [0.2, 0.25) is 10.0 Å². The molecule has 4 nitrogen and oxygen atoms in total. The average Bonchev–Trinajstić information content (AvgIpc) is 2.33. The van der Waals surface area contributed by atoms with Gasteiger partial charge in [-0.2, -0.15) is 0 Å². The lowest BCUT2D eigenvalue weighted by Crippen LogP contribution is -2.24. The molecule has 0 atom stereocenters. The Kier molecular flexibility index (Phi) is 4.29. The monoisotopic (exact) mass is 286 g/mol. The van der Waals surface area contributed by atoms with Crippen LogP contribution in [0.15, 0.2) is 18.2 Å². The van der Waals surface area contributed by atoms with Crippen LogP contribution in [0.2, 0.25) is 0 Å². The number of hydrogen-bond acceptors (Lipinski definition) is 3. The molecule has 1 aromatic carbocycles. The van der Waals surface area contributed by atoms with Crippen LogP contribution in [0.1, 0.15) is 32.1 Å². The van der Waals surface area contributed by atoms with E-state index in [9.17, 15) is 12.8 Å². The van der Waals surface area contributed by atoms with E-state index in [0.717, 1.165) is 31.7 Å². The molecule has 0 amide bonds. The average molecular weight is 286 g/mol. The molecule has 1 saturated carbocycles. The summed E-state index contributed by atoms with van der Waals surface area (Å²) >= 11 is 0. The van der Waals surface area contributed by atoms with Gasteiger partial charge in [0.05, 0.1) is 17.1 Å². The minimum Gasteiger partial charge on any atom is -0.397 e. The number of nitrogen functional groups attached to an aromatic ring is 1. The highest BCUT2D eigenvalue weighted by atomic mass is 32.2. The number of nitrogens with two attached hydrogens (primary N) is 1. The van der Waals surface area contributed by atoms with Gasteiger partial charge in [0, 0.05) is 0 Å². The zero-order valence-corrected chi connectivity index (χ0v) is 11.5. The van der Waals surface area contributed by atoms with Gasteiger partial charge < -0.3 is 5.73 Å². The molecule has 1 aliphatic carbocycles. The number of benzene rings is 1. The summed E-state index contributed by atoms with van der Waals surface area (Å²) in [4.78, 5) is 0. The molecule has 0 aliphatic heterocycles. The van der Waals surface area contributed by atoms with Gasteiger partial charge in [0.15, 0.2) is 0 Å². The Hall–Kier alpha value is -1.30. The van der Waals surface area contributed by atoms with E-state index in [4.69, 9.17) is 5.73 Å². The first kappa shape index (κ1) is 14.1. The second-order valence-electron chi connectivity index (χ2n) is 5.12. The molecule has 0 unspecified atom stereocenters. The summed E-state index contributed by atoms with van der Waals surface area (Å²) in [7, 11) is -3.42. The Morgan fingerprint density at radius 3 is 2.58 bits per heavy atom. The van der Waals surface area contributed by atoms with E-state index in [0.29, 0.717) is 0 Å². The molecule has 19 heavy (non-hydrogen) atoms. The molecule has 6 heteroatoms. The molecule has 2 rings (SSSR count). The van der Waals surface area contributed by atoms with Crippen LogP contribution in [0.4, 0.5) is 15.8 Å². The second-order valence-corrected chi connectivity index (χ2v) is 6.89. The predicted molar refractivity (Wildman–Crippen MR) is 74.8 cm³/mol. The van der Waals surface area contributed by atoms with Crippen molar-refractivity contribution in [3.63, 3.8) is 0 Å². The fraction of sp³-hybridized carbons (Fsp3) is 0.538. The van der Waals surface area contributed by atoms with E-state index < -0.39 is 15.8 Å². The van der Waals surface area contributed by atoms with Crippen molar-refractivity contribution in [2.75, 3.05) is 16.2 Å². The number of hydrogen-bond donors (Lipinski definition) is 2. The molecule has 0 radical (unpaired) electrons. The molecule has 1 aromatic rings. The maximum Gasteiger partial charge on any atom is 0.233 e. The van der Waals surface area contributed by atoms with Crippen molar-refractivity contribution in [1.82, 2.24) is 0 Å². The second kappa shape index (κ2) is 5.77. The van der Waals surface area contributed by atoms with Crippen molar-refractivity contribution in [2.45, 2.75) is 32.1 Å². The van der Waals surface area contributed by atoms with Crippen molar-refractivity contribution in [2.24, 2.45) is 5.92 Å². The van der Waals surface area contributed by atoms with Crippen molar-refractivity contribution >= 4 is 21.4 Å². The van der Waals surface area contributed by atoms with Gasteiger partial charge in [-0.05, 0) is 37.0 Å². The van der Waals surface area contributed by atoms with Gasteiger partial charge in [-0.1, -0.05) is 19.3 Å².